The molecule has 0 aliphatic heterocycles. The number of phenolic OH excluding ortho intramolecular Hbond substituents is 1. The zero-order chi connectivity index (χ0) is 14.0. The Labute approximate surface area is 117 Å². The van der Waals surface area contributed by atoms with Crippen LogP contribution < -0.4 is 4.74 Å². The van der Waals surface area contributed by atoms with E-state index in [1.165, 1.54) is 7.11 Å². The summed E-state index contributed by atoms with van der Waals surface area (Å²) in [6.45, 7) is 1.73. The van der Waals surface area contributed by atoms with E-state index < -0.39 is 5.54 Å². The summed E-state index contributed by atoms with van der Waals surface area (Å²) in [5, 5.41) is 10.8. The first-order chi connectivity index (χ1) is 9.05. The number of ether oxygens (including phenoxy) is 1. The highest BCUT2D eigenvalue weighted by Gasteiger charge is 2.39. The molecule has 4 nitrogen and oxygen atoms in total. The van der Waals surface area contributed by atoms with Crippen LogP contribution in [0.5, 0.6) is 11.5 Å². The van der Waals surface area contributed by atoms with Crippen molar-refractivity contribution >= 4 is 17.7 Å². The van der Waals surface area contributed by atoms with Gasteiger partial charge in [0.15, 0.2) is 0 Å². The van der Waals surface area contributed by atoms with Gasteiger partial charge < -0.3 is 9.84 Å². The van der Waals surface area contributed by atoms with E-state index in [0.717, 1.165) is 25.7 Å². The van der Waals surface area contributed by atoms with Crippen LogP contribution in [0.2, 0.25) is 5.02 Å². The molecule has 0 saturated heterocycles. The van der Waals surface area contributed by atoms with Gasteiger partial charge in [0.2, 0.25) is 6.08 Å². The first-order valence-electron chi connectivity index (χ1n) is 6.21. The van der Waals surface area contributed by atoms with E-state index in [2.05, 4.69) is 4.99 Å². The lowest BCUT2D eigenvalue weighted by Gasteiger charge is -2.25. The topological polar surface area (TPSA) is 58.9 Å². The van der Waals surface area contributed by atoms with Crippen LogP contribution in [0.25, 0.3) is 0 Å². The Balaban J connectivity index is 2.65. The molecule has 0 heterocycles. The van der Waals surface area contributed by atoms with Gasteiger partial charge in [-0.25, -0.2) is 4.79 Å². The summed E-state index contributed by atoms with van der Waals surface area (Å²) in [6.07, 6.45) is 5.00. The molecule has 1 aliphatic carbocycles. The van der Waals surface area contributed by atoms with Crippen molar-refractivity contribution in [2.75, 3.05) is 7.11 Å². The molecule has 19 heavy (non-hydrogen) atoms. The van der Waals surface area contributed by atoms with Crippen LogP contribution >= 0.6 is 11.6 Å². The van der Waals surface area contributed by atoms with E-state index in [4.69, 9.17) is 16.3 Å². The molecule has 1 N–H and O–H groups in total. The zero-order valence-corrected chi connectivity index (χ0v) is 11.8. The molecule has 0 atom stereocenters. The molecule has 0 radical (unpaired) electrons. The molecule has 1 aliphatic rings. The van der Waals surface area contributed by atoms with E-state index in [9.17, 15) is 9.90 Å². The molecule has 0 amide bonds. The molecule has 0 aromatic heterocycles. The van der Waals surface area contributed by atoms with Gasteiger partial charge in [0.1, 0.15) is 17.0 Å². The van der Waals surface area contributed by atoms with Crippen molar-refractivity contribution in [3.05, 3.63) is 22.2 Å². The number of carbonyl (C=O) groups excluding carboxylic acids is 1. The van der Waals surface area contributed by atoms with Crippen LogP contribution in [0, 0.1) is 6.92 Å². The van der Waals surface area contributed by atoms with Gasteiger partial charge in [0.25, 0.3) is 0 Å². The standard InChI is InChI=1S/C14H16ClNO3/c1-9-12(18)10(7-11(15)13(9)19-2)14(16-8-17)5-3-4-6-14/h7,18H,3-6H2,1-2H3. The normalized spacial score (nSPS) is 17.0. The highest BCUT2D eigenvalue weighted by atomic mass is 35.5. The van der Waals surface area contributed by atoms with Crippen molar-refractivity contribution < 1.29 is 14.6 Å². The smallest absolute Gasteiger partial charge is 0.235 e. The molecule has 1 fully saturated rings. The Kier molecular flexibility index (Phi) is 3.83. The third-order valence-electron chi connectivity index (χ3n) is 3.83. The van der Waals surface area contributed by atoms with Gasteiger partial charge in [-0.3, -0.25) is 0 Å². The first-order valence-corrected chi connectivity index (χ1v) is 6.59. The van der Waals surface area contributed by atoms with Crippen molar-refractivity contribution in [2.24, 2.45) is 4.99 Å². The van der Waals surface area contributed by atoms with Crippen LogP contribution in [0.1, 0.15) is 36.8 Å². The van der Waals surface area contributed by atoms with Crippen LogP contribution in [-0.4, -0.2) is 18.3 Å². The number of halogens is 1. The number of hydrogen-bond donors (Lipinski definition) is 1. The summed E-state index contributed by atoms with van der Waals surface area (Å²) in [6, 6.07) is 1.65. The Hall–Kier alpha value is -1.51. The molecule has 5 heteroatoms. The highest BCUT2D eigenvalue weighted by Crippen LogP contribution is 2.49. The van der Waals surface area contributed by atoms with Crippen LogP contribution in [0.15, 0.2) is 11.1 Å². The Morgan fingerprint density at radius 3 is 2.63 bits per heavy atom. The van der Waals surface area contributed by atoms with Gasteiger partial charge >= 0.3 is 0 Å². The number of aliphatic imine (C=N–C) groups is 1. The van der Waals surface area contributed by atoms with Gasteiger partial charge in [-0.2, -0.15) is 4.99 Å². The molecule has 0 spiro atoms. The van der Waals surface area contributed by atoms with E-state index in [-0.39, 0.29) is 5.75 Å². The van der Waals surface area contributed by atoms with Gasteiger partial charge in [-0.1, -0.05) is 24.4 Å². The molecule has 1 aromatic carbocycles. The van der Waals surface area contributed by atoms with Crippen LogP contribution in [0.4, 0.5) is 0 Å². The maximum Gasteiger partial charge on any atom is 0.235 e. The number of hydrogen-bond acceptors (Lipinski definition) is 4. The quantitative estimate of drug-likeness (QED) is 0.682. The maximum absolute atomic E-state index is 10.7. The van der Waals surface area contributed by atoms with E-state index in [0.29, 0.717) is 21.9 Å². The zero-order valence-electron chi connectivity index (χ0n) is 11.0. The van der Waals surface area contributed by atoms with Crippen molar-refractivity contribution in [3.8, 4) is 11.5 Å². The summed E-state index contributed by atoms with van der Waals surface area (Å²) in [5.41, 5.74) is 0.473. The molecular formula is C14H16ClNO3. The number of rotatable bonds is 3. The van der Waals surface area contributed by atoms with Crippen molar-refractivity contribution in [1.82, 2.24) is 0 Å². The number of phenols is 1. The molecule has 102 valence electrons. The summed E-state index contributed by atoms with van der Waals surface area (Å²) in [4.78, 5) is 14.7. The number of nitrogens with zero attached hydrogens (tertiary/aromatic N) is 1. The van der Waals surface area contributed by atoms with Gasteiger partial charge in [-0.05, 0) is 25.8 Å². The average Bonchev–Trinajstić information content (AvgIpc) is 2.84. The molecule has 1 aromatic rings. The third-order valence-corrected chi connectivity index (χ3v) is 4.12. The van der Waals surface area contributed by atoms with E-state index >= 15 is 0 Å². The number of aromatic hydroxyl groups is 1. The molecule has 0 bridgehead atoms. The summed E-state index contributed by atoms with van der Waals surface area (Å²) in [5.74, 6) is 0.549. The minimum Gasteiger partial charge on any atom is -0.507 e. The molecular weight excluding hydrogens is 266 g/mol. The van der Waals surface area contributed by atoms with Crippen LogP contribution in [0.3, 0.4) is 0 Å². The predicted molar refractivity (Wildman–Crippen MR) is 72.7 cm³/mol. The Morgan fingerprint density at radius 2 is 2.11 bits per heavy atom. The van der Waals surface area contributed by atoms with Gasteiger partial charge in [0.05, 0.1) is 12.1 Å². The second-order valence-electron chi connectivity index (χ2n) is 4.85. The van der Waals surface area contributed by atoms with Gasteiger partial charge in [-0.15, -0.1) is 0 Å². The third kappa shape index (κ3) is 2.22. The van der Waals surface area contributed by atoms with E-state index in [1.807, 2.05) is 0 Å². The number of isocyanates is 1. The largest absolute Gasteiger partial charge is 0.507 e. The second kappa shape index (κ2) is 5.24. The Bertz CT molecular complexity index is 544. The lowest BCUT2D eigenvalue weighted by atomic mass is 9.87. The Morgan fingerprint density at radius 1 is 1.47 bits per heavy atom. The minimum atomic E-state index is -0.688. The summed E-state index contributed by atoms with van der Waals surface area (Å²) >= 11 is 6.17. The van der Waals surface area contributed by atoms with Gasteiger partial charge in [0, 0.05) is 11.1 Å². The SMILES string of the molecule is COc1c(Cl)cc(C2(N=C=O)CCCC2)c(O)c1C. The predicted octanol–water partition coefficient (Wildman–Crippen LogP) is 3.47. The summed E-state index contributed by atoms with van der Waals surface area (Å²) < 4.78 is 5.17. The fraction of sp³-hybridized carbons (Fsp3) is 0.500. The summed E-state index contributed by atoms with van der Waals surface area (Å²) in [7, 11) is 1.50. The lowest BCUT2D eigenvalue weighted by Crippen LogP contribution is -2.19. The van der Waals surface area contributed by atoms with Crippen molar-refractivity contribution in [3.63, 3.8) is 0 Å². The number of methoxy groups -OCH3 is 1. The lowest BCUT2D eigenvalue weighted by molar-refractivity contribution is 0.386. The minimum absolute atomic E-state index is 0.0992. The fourth-order valence-electron chi connectivity index (χ4n) is 2.84. The van der Waals surface area contributed by atoms with Crippen LogP contribution in [-0.2, 0) is 10.3 Å². The maximum atomic E-state index is 10.7. The van der Waals surface area contributed by atoms with Crippen molar-refractivity contribution in [1.29, 1.82) is 0 Å². The van der Waals surface area contributed by atoms with E-state index in [1.54, 1.807) is 19.1 Å². The monoisotopic (exact) mass is 281 g/mol. The fourth-order valence-corrected chi connectivity index (χ4v) is 3.17. The highest BCUT2D eigenvalue weighted by molar-refractivity contribution is 6.32. The molecule has 0 unspecified atom stereocenters. The molecule has 2 rings (SSSR count). The second-order valence-corrected chi connectivity index (χ2v) is 5.26. The average molecular weight is 282 g/mol. The number of benzene rings is 1. The molecule has 1 saturated carbocycles. The van der Waals surface area contributed by atoms with Crippen molar-refractivity contribution in [2.45, 2.75) is 38.1 Å². The first kappa shape index (κ1) is 13.9.